The molecule has 5 nitrogen and oxygen atoms in total. The molecule has 0 radical (unpaired) electrons. The first kappa shape index (κ1) is 15.8. The van der Waals surface area contributed by atoms with Gasteiger partial charge in [0.15, 0.2) is 0 Å². The average Bonchev–Trinajstić information content (AvgIpc) is 2.38. The van der Waals surface area contributed by atoms with E-state index in [1.54, 1.807) is 24.1 Å². The maximum absolute atomic E-state index is 12.8. The van der Waals surface area contributed by atoms with E-state index in [4.69, 9.17) is 0 Å². The van der Waals surface area contributed by atoms with E-state index < -0.39 is 11.9 Å². The number of carbonyl (C=O) groups is 2. The monoisotopic (exact) mass is 279 g/mol. The van der Waals surface area contributed by atoms with Crippen LogP contribution in [0, 0.1) is 5.82 Å². The Morgan fingerprint density at radius 3 is 2.60 bits per heavy atom. The lowest BCUT2D eigenvalue weighted by Crippen LogP contribution is -2.43. The summed E-state index contributed by atoms with van der Waals surface area (Å²) in [5, 5.41) is 4.65. The minimum Gasteiger partial charge on any atom is -0.334 e. The fraction of sp³-hybridized carbons (Fsp3) is 0.286. The molecule has 0 bridgehead atoms. The van der Waals surface area contributed by atoms with Crippen molar-refractivity contribution >= 4 is 11.9 Å². The van der Waals surface area contributed by atoms with Gasteiger partial charge >= 0.3 is 6.03 Å². The Kier molecular flexibility index (Phi) is 6.39. The number of imide groups is 1. The number of likely N-dealkylation sites (N-methyl/N-ethyl adjacent to an activating group) is 1. The SMILES string of the molecule is C=CCNC(=O)NC(=O)CN(C)Cc1ccc(F)cc1. The highest BCUT2D eigenvalue weighted by molar-refractivity contribution is 5.95. The molecular weight excluding hydrogens is 261 g/mol. The summed E-state index contributed by atoms with van der Waals surface area (Å²) >= 11 is 0. The van der Waals surface area contributed by atoms with Crippen molar-refractivity contribution in [3.8, 4) is 0 Å². The molecule has 0 aliphatic heterocycles. The highest BCUT2D eigenvalue weighted by Gasteiger charge is 2.10. The van der Waals surface area contributed by atoms with Gasteiger partial charge in [0, 0.05) is 13.1 Å². The summed E-state index contributed by atoms with van der Waals surface area (Å²) in [6.45, 7) is 4.30. The van der Waals surface area contributed by atoms with Crippen molar-refractivity contribution in [1.29, 1.82) is 0 Å². The average molecular weight is 279 g/mol. The number of halogens is 1. The minimum atomic E-state index is -0.551. The molecule has 1 aromatic carbocycles. The summed E-state index contributed by atoms with van der Waals surface area (Å²) in [5.41, 5.74) is 0.887. The highest BCUT2D eigenvalue weighted by Crippen LogP contribution is 2.05. The number of urea groups is 1. The summed E-state index contributed by atoms with van der Waals surface area (Å²) < 4.78 is 12.8. The van der Waals surface area contributed by atoms with Crippen LogP contribution >= 0.6 is 0 Å². The molecule has 0 aromatic heterocycles. The van der Waals surface area contributed by atoms with Crippen LogP contribution in [0.1, 0.15) is 5.56 Å². The molecule has 6 heteroatoms. The Balaban J connectivity index is 2.35. The molecule has 20 heavy (non-hydrogen) atoms. The molecule has 1 rings (SSSR count). The van der Waals surface area contributed by atoms with E-state index >= 15 is 0 Å². The largest absolute Gasteiger partial charge is 0.334 e. The van der Waals surface area contributed by atoms with E-state index in [1.807, 2.05) is 0 Å². The number of carbonyl (C=O) groups excluding carboxylic acids is 2. The highest BCUT2D eigenvalue weighted by atomic mass is 19.1. The standard InChI is InChI=1S/C14H18FN3O2/c1-3-8-16-14(20)17-13(19)10-18(2)9-11-4-6-12(15)7-5-11/h3-7H,1,8-10H2,2H3,(H2,16,17,19,20). The van der Waals surface area contributed by atoms with Crippen LogP contribution in [0.4, 0.5) is 9.18 Å². The number of nitrogens with one attached hydrogen (secondary N) is 2. The van der Waals surface area contributed by atoms with Crippen LogP contribution in [0.3, 0.4) is 0 Å². The van der Waals surface area contributed by atoms with Crippen LogP contribution in [0.2, 0.25) is 0 Å². The molecule has 0 atom stereocenters. The lowest BCUT2D eigenvalue weighted by atomic mass is 10.2. The first-order valence-electron chi connectivity index (χ1n) is 6.13. The zero-order valence-electron chi connectivity index (χ0n) is 11.4. The van der Waals surface area contributed by atoms with Crippen LogP contribution in [0.25, 0.3) is 0 Å². The Morgan fingerprint density at radius 1 is 1.35 bits per heavy atom. The fourth-order valence-corrected chi connectivity index (χ4v) is 1.58. The summed E-state index contributed by atoms with van der Waals surface area (Å²) in [4.78, 5) is 24.5. The Morgan fingerprint density at radius 2 is 2.00 bits per heavy atom. The van der Waals surface area contributed by atoms with Crippen LogP contribution in [-0.4, -0.2) is 37.0 Å². The van der Waals surface area contributed by atoms with E-state index in [2.05, 4.69) is 17.2 Å². The second-order valence-corrected chi connectivity index (χ2v) is 4.35. The van der Waals surface area contributed by atoms with Gasteiger partial charge in [-0.3, -0.25) is 15.0 Å². The maximum atomic E-state index is 12.8. The molecule has 0 saturated heterocycles. The molecule has 0 unspecified atom stereocenters. The predicted molar refractivity (Wildman–Crippen MR) is 74.5 cm³/mol. The van der Waals surface area contributed by atoms with E-state index in [1.165, 1.54) is 18.2 Å². The quantitative estimate of drug-likeness (QED) is 0.771. The molecule has 0 aliphatic carbocycles. The van der Waals surface area contributed by atoms with Crippen molar-refractivity contribution in [2.24, 2.45) is 0 Å². The van der Waals surface area contributed by atoms with E-state index in [0.717, 1.165) is 5.56 Å². The Labute approximate surface area is 117 Å². The van der Waals surface area contributed by atoms with E-state index in [9.17, 15) is 14.0 Å². The van der Waals surface area contributed by atoms with Crippen molar-refractivity contribution < 1.29 is 14.0 Å². The molecular formula is C14H18FN3O2. The summed E-state index contributed by atoms with van der Waals surface area (Å²) in [5.74, 6) is -0.704. The normalized spacial score (nSPS) is 10.2. The van der Waals surface area contributed by atoms with Crippen molar-refractivity contribution in [3.63, 3.8) is 0 Å². The third kappa shape index (κ3) is 6.10. The van der Waals surface area contributed by atoms with Gasteiger partial charge in [-0.15, -0.1) is 6.58 Å². The summed E-state index contributed by atoms with van der Waals surface area (Å²) in [7, 11) is 1.74. The van der Waals surface area contributed by atoms with Gasteiger partial charge in [-0.1, -0.05) is 18.2 Å². The van der Waals surface area contributed by atoms with Crippen LogP contribution < -0.4 is 10.6 Å². The van der Waals surface area contributed by atoms with E-state index in [0.29, 0.717) is 13.1 Å². The van der Waals surface area contributed by atoms with Crippen molar-refractivity contribution in [2.45, 2.75) is 6.54 Å². The number of benzene rings is 1. The molecule has 0 saturated carbocycles. The smallest absolute Gasteiger partial charge is 0.321 e. The molecule has 108 valence electrons. The zero-order valence-corrected chi connectivity index (χ0v) is 11.4. The predicted octanol–water partition coefficient (Wildman–Crippen LogP) is 1.27. The van der Waals surface area contributed by atoms with Crippen LogP contribution in [-0.2, 0) is 11.3 Å². The van der Waals surface area contributed by atoms with Crippen LogP contribution in [0.15, 0.2) is 36.9 Å². The second kappa shape index (κ2) is 8.06. The molecule has 0 fully saturated rings. The zero-order chi connectivity index (χ0) is 15.0. The summed E-state index contributed by atoms with van der Waals surface area (Å²) in [6.07, 6.45) is 1.52. The van der Waals surface area contributed by atoms with Gasteiger partial charge in [-0.2, -0.15) is 0 Å². The Bertz CT molecular complexity index is 474. The second-order valence-electron chi connectivity index (χ2n) is 4.35. The number of nitrogens with zero attached hydrogens (tertiary/aromatic N) is 1. The van der Waals surface area contributed by atoms with Gasteiger partial charge in [-0.25, -0.2) is 9.18 Å². The molecule has 3 amide bonds. The van der Waals surface area contributed by atoms with Gasteiger partial charge in [0.25, 0.3) is 0 Å². The lowest BCUT2D eigenvalue weighted by Gasteiger charge is -2.16. The third-order valence-corrected chi connectivity index (χ3v) is 2.44. The maximum Gasteiger partial charge on any atom is 0.321 e. The molecule has 0 heterocycles. The van der Waals surface area contributed by atoms with Gasteiger partial charge in [0.05, 0.1) is 6.54 Å². The van der Waals surface area contributed by atoms with Crippen molar-refractivity contribution in [3.05, 3.63) is 48.3 Å². The molecule has 0 spiro atoms. The fourth-order valence-electron chi connectivity index (χ4n) is 1.58. The molecule has 2 N–H and O–H groups in total. The third-order valence-electron chi connectivity index (χ3n) is 2.44. The van der Waals surface area contributed by atoms with Gasteiger partial charge < -0.3 is 5.32 Å². The first-order chi connectivity index (χ1) is 9.51. The first-order valence-corrected chi connectivity index (χ1v) is 6.13. The van der Waals surface area contributed by atoms with Crippen molar-refractivity contribution in [2.75, 3.05) is 20.1 Å². The van der Waals surface area contributed by atoms with Crippen molar-refractivity contribution in [1.82, 2.24) is 15.5 Å². The minimum absolute atomic E-state index is 0.0683. The number of hydrogen-bond acceptors (Lipinski definition) is 3. The lowest BCUT2D eigenvalue weighted by molar-refractivity contribution is -0.120. The van der Waals surface area contributed by atoms with Gasteiger partial charge in [-0.05, 0) is 24.7 Å². The number of amides is 3. The van der Waals surface area contributed by atoms with Gasteiger partial charge in [0.2, 0.25) is 5.91 Å². The number of rotatable bonds is 6. The molecule has 0 aliphatic rings. The van der Waals surface area contributed by atoms with E-state index in [-0.39, 0.29) is 12.4 Å². The van der Waals surface area contributed by atoms with Crippen LogP contribution in [0.5, 0.6) is 0 Å². The topological polar surface area (TPSA) is 61.4 Å². The molecule has 1 aromatic rings. The Hall–Kier alpha value is -2.21. The number of hydrogen-bond donors (Lipinski definition) is 2. The van der Waals surface area contributed by atoms with Gasteiger partial charge in [0.1, 0.15) is 5.82 Å². The summed E-state index contributed by atoms with van der Waals surface area (Å²) in [6, 6.07) is 5.49.